The first-order chi connectivity index (χ1) is 12.1. The van der Waals surface area contributed by atoms with Gasteiger partial charge in [-0.05, 0) is 30.5 Å². The molecule has 7 heteroatoms. The molecule has 1 amide bonds. The number of non-ortho nitro benzene ring substituents is 1. The van der Waals surface area contributed by atoms with Gasteiger partial charge in [-0.3, -0.25) is 14.9 Å². The fraction of sp³-hybridized carbons (Fsp3) is 0.389. The van der Waals surface area contributed by atoms with Crippen LogP contribution in [0.25, 0.3) is 0 Å². The van der Waals surface area contributed by atoms with Gasteiger partial charge in [-0.25, -0.2) is 0 Å². The lowest BCUT2D eigenvalue weighted by Gasteiger charge is -2.29. The highest BCUT2D eigenvalue weighted by atomic mass is 32.1. The summed E-state index contributed by atoms with van der Waals surface area (Å²) in [6.07, 6.45) is 2.44. The van der Waals surface area contributed by atoms with Crippen molar-refractivity contribution in [1.82, 2.24) is 5.32 Å². The molecule has 6 nitrogen and oxygen atoms in total. The van der Waals surface area contributed by atoms with Crippen molar-refractivity contribution in [1.29, 1.82) is 0 Å². The minimum Gasteiger partial charge on any atom is -0.343 e. The van der Waals surface area contributed by atoms with Crippen LogP contribution in [0.1, 0.15) is 41.0 Å². The number of benzene rings is 1. The quantitative estimate of drug-likeness (QED) is 0.612. The summed E-state index contributed by atoms with van der Waals surface area (Å²) in [5.74, 6) is -0.192. The third kappa shape index (κ3) is 4.05. The van der Waals surface area contributed by atoms with Crippen molar-refractivity contribution in [3.05, 3.63) is 62.3 Å². The van der Waals surface area contributed by atoms with Crippen LogP contribution in [0.3, 0.4) is 0 Å². The maximum absolute atomic E-state index is 12.5. The van der Waals surface area contributed by atoms with Crippen LogP contribution >= 0.6 is 11.3 Å². The molecule has 1 aliphatic heterocycles. The number of nitrogens with one attached hydrogen (secondary N) is 2. The van der Waals surface area contributed by atoms with Crippen molar-refractivity contribution >= 4 is 22.9 Å². The fourth-order valence-corrected chi connectivity index (χ4v) is 4.51. The van der Waals surface area contributed by atoms with E-state index in [0.29, 0.717) is 5.56 Å². The number of nitro groups is 1. The normalized spacial score (nSPS) is 17.2. The standard InChI is InChI=1S/C18H21N3O3S/c1-13(17(16-5-4-12-25-16)20-10-2-3-11-20)19-18(22)14-6-8-15(9-7-14)21(23)24/h4-9,12-13,17H,2-3,10-11H2,1H3,(H,19,22)/p+1/t13-,17+/m0/s1. The molecule has 0 radical (unpaired) electrons. The van der Waals surface area contributed by atoms with E-state index in [2.05, 4.69) is 16.8 Å². The van der Waals surface area contributed by atoms with Gasteiger partial charge in [0.25, 0.3) is 11.6 Å². The maximum atomic E-state index is 12.5. The number of hydrogen-bond acceptors (Lipinski definition) is 4. The molecule has 3 rings (SSSR count). The van der Waals surface area contributed by atoms with Gasteiger partial charge in [0, 0.05) is 30.5 Å². The molecule has 1 aromatic heterocycles. The van der Waals surface area contributed by atoms with Crippen LogP contribution < -0.4 is 10.2 Å². The first kappa shape index (κ1) is 17.6. The summed E-state index contributed by atoms with van der Waals surface area (Å²) in [6, 6.07) is 10.1. The van der Waals surface area contributed by atoms with Crippen molar-refractivity contribution in [2.75, 3.05) is 13.1 Å². The smallest absolute Gasteiger partial charge is 0.269 e. The zero-order chi connectivity index (χ0) is 17.8. The van der Waals surface area contributed by atoms with Gasteiger partial charge in [0.15, 0.2) is 0 Å². The van der Waals surface area contributed by atoms with E-state index in [0.717, 1.165) is 13.1 Å². The lowest BCUT2D eigenvalue weighted by atomic mass is 10.1. The molecular weight excluding hydrogens is 338 g/mol. The van der Waals surface area contributed by atoms with E-state index in [4.69, 9.17) is 0 Å². The molecule has 1 aromatic carbocycles. The second-order valence-corrected chi connectivity index (χ2v) is 7.40. The molecule has 0 spiro atoms. The second-order valence-electron chi connectivity index (χ2n) is 6.42. The Balaban J connectivity index is 1.73. The summed E-state index contributed by atoms with van der Waals surface area (Å²) < 4.78 is 0. The van der Waals surface area contributed by atoms with Crippen LogP contribution in [0.15, 0.2) is 41.8 Å². The molecule has 2 atom stereocenters. The Labute approximate surface area is 150 Å². The zero-order valence-corrected chi connectivity index (χ0v) is 14.9. The highest BCUT2D eigenvalue weighted by Gasteiger charge is 2.33. The van der Waals surface area contributed by atoms with Crippen LogP contribution in [0.4, 0.5) is 5.69 Å². The van der Waals surface area contributed by atoms with Crippen molar-refractivity contribution in [2.45, 2.75) is 31.8 Å². The van der Waals surface area contributed by atoms with Crippen LogP contribution in [0.2, 0.25) is 0 Å². The van der Waals surface area contributed by atoms with Gasteiger partial charge in [-0.1, -0.05) is 6.07 Å². The van der Waals surface area contributed by atoms with E-state index in [-0.39, 0.29) is 23.7 Å². The average Bonchev–Trinajstić information content (AvgIpc) is 3.29. The number of amides is 1. The Bertz CT molecular complexity index is 725. The largest absolute Gasteiger partial charge is 0.343 e. The number of carbonyl (C=O) groups is 1. The van der Waals surface area contributed by atoms with Gasteiger partial charge in [0.05, 0.1) is 28.9 Å². The van der Waals surface area contributed by atoms with Crippen LogP contribution in [0.5, 0.6) is 0 Å². The number of nitrogens with zero attached hydrogens (tertiary/aromatic N) is 1. The highest BCUT2D eigenvalue weighted by molar-refractivity contribution is 7.10. The minimum atomic E-state index is -0.464. The molecule has 2 heterocycles. The van der Waals surface area contributed by atoms with Crippen molar-refractivity contribution in [3.63, 3.8) is 0 Å². The van der Waals surface area contributed by atoms with E-state index < -0.39 is 4.92 Å². The second kappa shape index (κ2) is 7.76. The molecule has 25 heavy (non-hydrogen) atoms. The highest BCUT2D eigenvalue weighted by Crippen LogP contribution is 2.21. The van der Waals surface area contributed by atoms with Crippen molar-refractivity contribution in [2.24, 2.45) is 0 Å². The molecule has 0 aliphatic carbocycles. The van der Waals surface area contributed by atoms with E-state index in [1.54, 1.807) is 11.3 Å². The van der Waals surface area contributed by atoms with Crippen molar-refractivity contribution < 1.29 is 14.6 Å². The molecule has 0 saturated carbocycles. The Morgan fingerprint density at radius 3 is 2.48 bits per heavy atom. The molecule has 1 aliphatic rings. The maximum Gasteiger partial charge on any atom is 0.269 e. The summed E-state index contributed by atoms with van der Waals surface area (Å²) in [5.41, 5.74) is 0.432. The third-order valence-corrected chi connectivity index (χ3v) is 5.69. The number of nitro benzene ring substituents is 1. The van der Waals surface area contributed by atoms with Gasteiger partial charge < -0.3 is 10.2 Å². The Hall–Kier alpha value is -2.25. The fourth-order valence-electron chi connectivity index (χ4n) is 3.52. The van der Waals surface area contributed by atoms with Crippen LogP contribution in [0, 0.1) is 10.1 Å². The van der Waals surface area contributed by atoms with Gasteiger partial charge in [0.2, 0.25) is 0 Å². The summed E-state index contributed by atoms with van der Waals surface area (Å²) in [5, 5.41) is 15.9. The van der Waals surface area contributed by atoms with Crippen LogP contribution in [-0.2, 0) is 0 Å². The SMILES string of the molecule is C[C@H](NC(=O)c1ccc([N+](=O)[O-])cc1)[C@H](c1cccs1)[NH+]1CCCC1. The third-order valence-electron chi connectivity index (χ3n) is 4.73. The molecule has 0 bridgehead atoms. The monoisotopic (exact) mass is 360 g/mol. The molecule has 1 fully saturated rings. The first-order valence-electron chi connectivity index (χ1n) is 8.49. The molecular formula is C18H22N3O3S+. The molecule has 132 valence electrons. The minimum absolute atomic E-state index is 0.0115. The van der Waals surface area contributed by atoms with E-state index >= 15 is 0 Å². The zero-order valence-electron chi connectivity index (χ0n) is 14.1. The summed E-state index contributed by atoms with van der Waals surface area (Å²) in [6.45, 7) is 4.29. The number of thiophene rings is 1. The van der Waals surface area contributed by atoms with Gasteiger partial charge in [-0.2, -0.15) is 0 Å². The van der Waals surface area contributed by atoms with Gasteiger partial charge >= 0.3 is 0 Å². The number of hydrogen-bond donors (Lipinski definition) is 2. The number of rotatable bonds is 6. The Morgan fingerprint density at radius 2 is 1.92 bits per heavy atom. The number of likely N-dealkylation sites (tertiary alicyclic amines) is 1. The Morgan fingerprint density at radius 1 is 1.24 bits per heavy atom. The molecule has 2 aromatic rings. The van der Waals surface area contributed by atoms with E-state index in [1.165, 1.54) is 46.9 Å². The van der Waals surface area contributed by atoms with Crippen LogP contribution in [-0.4, -0.2) is 30.0 Å². The predicted molar refractivity (Wildman–Crippen MR) is 97.0 cm³/mol. The molecule has 2 N–H and O–H groups in total. The summed E-state index contributed by atoms with van der Waals surface area (Å²) >= 11 is 1.73. The van der Waals surface area contributed by atoms with Gasteiger partial charge in [-0.15, -0.1) is 11.3 Å². The van der Waals surface area contributed by atoms with Gasteiger partial charge in [0.1, 0.15) is 6.04 Å². The number of carbonyl (C=O) groups excluding carboxylic acids is 1. The van der Waals surface area contributed by atoms with Crippen molar-refractivity contribution in [3.8, 4) is 0 Å². The topological polar surface area (TPSA) is 76.7 Å². The molecule has 0 unspecified atom stereocenters. The van der Waals surface area contributed by atoms with E-state index in [9.17, 15) is 14.9 Å². The first-order valence-corrected chi connectivity index (χ1v) is 9.37. The lowest BCUT2D eigenvalue weighted by molar-refractivity contribution is -0.920. The predicted octanol–water partition coefficient (Wildman–Crippen LogP) is 2.19. The van der Waals surface area contributed by atoms with E-state index in [1.807, 2.05) is 13.0 Å². The average molecular weight is 360 g/mol. The lowest BCUT2D eigenvalue weighted by Crippen LogP contribution is -3.11. The Kier molecular flexibility index (Phi) is 5.45. The number of quaternary nitrogens is 1. The summed E-state index contributed by atoms with van der Waals surface area (Å²) in [4.78, 5) is 25.6. The summed E-state index contributed by atoms with van der Waals surface area (Å²) in [7, 11) is 0. The molecule has 1 saturated heterocycles.